The quantitative estimate of drug-likeness (QED) is 0.687. The second-order valence-electron chi connectivity index (χ2n) is 5.45. The summed E-state index contributed by atoms with van der Waals surface area (Å²) >= 11 is 0. The van der Waals surface area contributed by atoms with Crippen LogP contribution in [-0.4, -0.2) is 10.1 Å². The number of amides is 1. The molecule has 0 heterocycles. The third-order valence-corrected chi connectivity index (χ3v) is 5.19. The van der Waals surface area contributed by atoms with Crippen molar-refractivity contribution < 1.29 is 13.2 Å². The molecule has 1 atom stereocenters. The summed E-state index contributed by atoms with van der Waals surface area (Å²) in [6.07, 6.45) is 0. The van der Waals surface area contributed by atoms with Crippen molar-refractivity contribution in [2.24, 2.45) is 4.36 Å². The molecule has 0 spiro atoms. The number of nitrogens with zero attached hydrogens (tertiary/aromatic N) is 1. The molecule has 3 rings (SSSR count). The number of aryl methyl sites for hydroxylation is 1. The van der Waals surface area contributed by atoms with Gasteiger partial charge in [0.15, 0.2) is 0 Å². The second-order valence-corrected chi connectivity index (χ2v) is 7.22. The fourth-order valence-electron chi connectivity index (χ4n) is 2.18. The summed E-state index contributed by atoms with van der Waals surface area (Å²) in [6.45, 7) is 1.93. The summed E-state index contributed by atoms with van der Waals surface area (Å²) in [7, 11) is -3.41. The minimum Gasteiger partial charge on any atom is -0.392 e. The summed E-state index contributed by atoms with van der Waals surface area (Å²) in [6, 6.07) is 24.2. The Morgan fingerprint density at radius 2 is 1.40 bits per heavy atom. The lowest BCUT2D eigenvalue weighted by Crippen LogP contribution is -2.13. The monoisotopic (exact) mass is 351 g/mol. The van der Waals surface area contributed by atoms with Crippen molar-refractivity contribution in [2.75, 3.05) is 0 Å². The molecule has 3 aromatic rings. The average molecular weight is 351 g/mol. The van der Waals surface area contributed by atoms with Gasteiger partial charge in [0, 0.05) is 5.56 Å². The maximum Gasteiger partial charge on any atom is 0.287 e. The summed E-state index contributed by atoms with van der Waals surface area (Å²) in [5.74, 6) is -0.195. The van der Waals surface area contributed by atoms with Crippen LogP contribution in [0.2, 0.25) is 0 Å². The van der Waals surface area contributed by atoms with E-state index in [4.69, 9.17) is 4.18 Å². The van der Waals surface area contributed by atoms with Crippen molar-refractivity contribution in [2.45, 2.75) is 11.8 Å². The minimum atomic E-state index is -3.41. The van der Waals surface area contributed by atoms with Crippen LogP contribution in [0, 0.1) is 6.92 Å². The normalized spacial score (nSPS) is 12.8. The van der Waals surface area contributed by atoms with Crippen LogP contribution in [0.4, 0.5) is 0 Å². The van der Waals surface area contributed by atoms with E-state index in [1.165, 1.54) is 0 Å². The van der Waals surface area contributed by atoms with Gasteiger partial charge in [-0.15, -0.1) is 4.36 Å². The van der Waals surface area contributed by atoms with E-state index in [-0.39, 0.29) is 0 Å². The Kier molecular flexibility index (Phi) is 4.95. The molecule has 126 valence electrons. The highest BCUT2D eigenvalue weighted by Crippen LogP contribution is 2.21. The van der Waals surface area contributed by atoms with Crippen LogP contribution in [0.25, 0.3) is 0 Å². The predicted molar refractivity (Wildman–Crippen MR) is 97.9 cm³/mol. The van der Waals surface area contributed by atoms with E-state index in [0.29, 0.717) is 16.2 Å². The van der Waals surface area contributed by atoms with Crippen molar-refractivity contribution in [1.29, 1.82) is 0 Å². The molecule has 0 saturated heterocycles. The summed E-state index contributed by atoms with van der Waals surface area (Å²) in [5.41, 5.74) is 1.37. The molecule has 0 unspecified atom stereocenters. The van der Waals surface area contributed by atoms with Gasteiger partial charge in [-0.3, -0.25) is 4.79 Å². The molecular formula is C20H17NO3S. The largest absolute Gasteiger partial charge is 0.392 e. The zero-order valence-electron chi connectivity index (χ0n) is 13.7. The van der Waals surface area contributed by atoms with Crippen molar-refractivity contribution in [3.05, 3.63) is 96.1 Å². The molecule has 0 aromatic heterocycles. The third kappa shape index (κ3) is 4.14. The molecule has 0 fully saturated rings. The minimum absolute atomic E-state index is 0.353. The summed E-state index contributed by atoms with van der Waals surface area (Å²) in [4.78, 5) is 12.8. The third-order valence-electron chi connectivity index (χ3n) is 3.50. The van der Waals surface area contributed by atoms with Gasteiger partial charge in [-0.2, -0.15) is 0 Å². The summed E-state index contributed by atoms with van der Waals surface area (Å²) in [5, 5.41) is 0. The first-order chi connectivity index (χ1) is 12.1. The molecule has 0 radical (unpaired) electrons. The number of benzene rings is 3. The number of carbonyl (C=O) groups is 1. The Morgan fingerprint density at radius 3 is 2.00 bits per heavy atom. The first-order valence-electron chi connectivity index (χ1n) is 7.74. The highest BCUT2D eigenvalue weighted by Gasteiger charge is 2.18. The first-order valence-corrected chi connectivity index (χ1v) is 9.18. The van der Waals surface area contributed by atoms with Crippen LogP contribution >= 0.6 is 0 Å². The molecule has 0 bridgehead atoms. The van der Waals surface area contributed by atoms with Crippen LogP contribution in [0.1, 0.15) is 15.9 Å². The number of hydrogen-bond donors (Lipinski definition) is 0. The van der Waals surface area contributed by atoms with Crippen LogP contribution in [0.3, 0.4) is 0 Å². The smallest absolute Gasteiger partial charge is 0.287 e. The lowest BCUT2D eigenvalue weighted by molar-refractivity contribution is 0.100. The Labute approximate surface area is 147 Å². The lowest BCUT2D eigenvalue weighted by atomic mass is 10.2. The van der Waals surface area contributed by atoms with E-state index in [1.807, 2.05) is 25.1 Å². The van der Waals surface area contributed by atoms with E-state index < -0.39 is 15.9 Å². The van der Waals surface area contributed by atoms with Crippen molar-refractivity contribution >= 4 is 15.9 Å². The van der Waals surface area contributed by atoms with Crippen molar-refractivity contribution in [3.8, 4) is 5.75 Å². The Hall–Kier alpha value is -2.92. The zero-order valence-corrected chi connectivity index (χ0v) is 14.5. The first kappa shape index (κ1) is 16.9. The van der Waals surface area contributed by atoms with Gasteiger partial charge in [-0.1, -0.05) is 54.1 Å². The molecule has 0 N–H and O–H groups in total. The highest BCUT2D eigenvalue weighted by atomic mass is 32.2. The number of hydrogen-bond acceptors (Lipinski definition) is 3. The van der Waals surface area contributed by atoms with Crippen LogP contribution in [0.15, 0.2) is 94.2 Å². The molecule has 4 nitrogen and oxygen atoms in total. The molecule has 0 aliphatic heterocycles. The maximum absolute atomic E-state index is 13.4. The molecular weight excluding hydrogens is 334 g/mol. The van der Waals surface area contributed by atoms with Gasteiger partial charge in [-0.25, -0.2) is 4.21 Å². The van der Waals surface area contributed by atoms with Crippen LogP contribution < -0.4 is 4.18 Å². The van der Waals surface area contributed by atoms with Crippen LogP contribution in [0.5, 0.6) is 5.75 Å². The van der Waals surface area contributed by atoms with E-state index in [9.17, 15) is 9.00 Å². The number of para-hydroxylation sites is 1. The molecule has 1 amide bonds. The van der Waals surface area contributed by atoms with Crippen molar-refractivity contribution in [3.63, 3.8) is 0 Å². The van der Waals surface area contributed by atoms with E-state index in [1.54, 1.807) is 66.7 Å². The topological polar surface area (TPSA) is 55.7 Å². The van der Waals surface area contributed by atoms with Gasteiger partial charge in [-0.05, 0) is 43.3 Å². The van der Waals surface area contributed by atoms with Crippen molar-refractivity contribution in [1.82, 2.24) is 0 Å². The summed E-state index contributed by atoms with van der Waals surface area (Å²) < 4.78 is 23.0. The highest BCUT2D eigenvalue weighted by molar-refractivity contribution is 7.89. The molecule has 5 heteroatoms. The number of rotatable bonds is 4. The predicted octanol–water partition coefficient (Wildman–Crippen LogP) is 4.66. The van der Waals surface area contributed by atoms with Gasteiger partial charge in [0.1, 0.15) is 5.75 Å². The number of carbonyl (C=O) groups excluding carboxylic acids is 1. The van der Waals surface area contributed by atoms with Gasteiger partial charge >= 0.3 is 0 Å². The van der Waals surface area contributed by atoms with Gasteiger partial charge < -0.3 is 4.18 Å². The second kappa shape index (κ2) is 7.32. The SMILES string of the molecule is Cc1ccc([S@@](=O)(=NC(=O)c2ccccc2)Oc2ccccc2)cc1. The fraction of sp³-hybridized carbons (Fsp3) is 0.0500. The average Bonchev–Trinajstić information content (AvgIpc) is 2.63. The van der Waals surface area contributed by atoms with E-state index in [2.05, 4.69) is 4.36 Å². The molecule has 0 aliphatic rings. The van der Waals surface area contributed by atoms with Gasteiger partial charge in [0.25, 0.3) is 5.91 Å². The Morgan fingerprint density at radius 1 is 0.840 bits per heavy atom. The lowest BCUT2D eigenvalue weighted by Gasteiger charge is -2.12. The Bertz CT molecular complexity index is 974. The molecule has 0 aliphatic carbocycles. The fourth-order valence-corrected chi connectivity index (χ4v) is 3.59. The molecule has 3 aromatic carbocycles. The standard InChI is InChI=1S/C20H17NO3S/c1-16-12-14-19(15-13-16)25(23,24-18-10-6-3-7-11-18)21-20(22)17-8-4-2-5-9-17/h2-15H,1H3/t25-/m0/s1. The van der Waals surface area contributed by atoms with Gasteiger partial charge in [0.05, 0.1) is 4.90 Å². The zero-order chi connectivity index (χ0) is 17.7. The Balaban J connectivity index is 2.08. The molecule has 0 saturated carbocycles. The molecule has 25 heavy (non-hydrogen) atoms. The van der Waals surface area contributed by atoms with Crippen LogP contribution in [-0.2, 0) is 10.0 Å². The van der Waals surface area contributed by atoms with E-state index >= 15 is 0 Å². The van der Waals surface area contributed by atoms with Gasteiger partial charge in [0.2, 0.25) is 10.0 Å². The maximum atomic E-state index is 13.4. The van der Waals surface area contributed by atoms with E-state index in [0.717, 1.165) is 5.56 Å².